The standard InChI is InChI=1S/C6H9F3OS/c1-11-4-5(10)2-3-6(7,8)9/h2-4H2,1H3. The molecular weight excluding hydrogens is 177 g/mol. The lowest BCUT2D eigenvalue weighted by atomic mass is 10.2. The van der Waals surface area contributed by atoms with E-state index >= 15 is 0 Å². The maximum absolute atomic E-state index is 11.5. The normalized spacial score (nSPS) is 11.6. The third kappa shape index (κ3) is 7.71. The highest BCUT2D eigenvalue weighted by molar-refractivity contribution is 7.99. The quantitative estimate of drug-likeness (QED) is 0.669. The number of rotatable bonds is 4. The number of alkyl halides is 3. The van der Waals surface area contributed by atoms with Crippen molar-refractivity contribution < 1.29 is 18.0 Å². The second-order valence-electron chi connectivity index (χ2n) is 2.09. The van der Waals surface area contributed by atoms with Gasteiger partial charge < -0.3 is 0 Å². The molecule has 0 N–H and O–H groups in total. The molecule has 0 aromatic heterocycles. The lowest BCUT2D eigenvalue weighted by Crippen LogP contribution is -2.11. The van der Waals surface area contributed by atoms with E-state index in [1.165, 1.54) is 11.8 Å². The molecule has 1 nitrogen and oxygen atoms in total. The summed E-state index contributed by atoms with van der Waals surface area (Å²) in [5.74, 6) is -0.161. The zero-order chi connectivity index (χ0) is 8.91. The molecule has 0 amide bonds. The Labute approximate surface area is 67.3 Å². The molecule has 5 heteroatoms. The molecule has 0 saturated heterocycles. The van der Waals surface area contributed by atoms with Gasteiger partial charge in [-0.1, -0.05) is 0 Å². The van der Waals surface area contributed by atoms with Crippen LogP contribution in [0.1, 0.15) is 12.8 Å². The summed E-state index contributed by atoms with van der Waals surface area (Å²) in [7, 11) is 0. The van der Waals surface area contributed by atoms with Crippen molar-refractivity contribution in [2.45, 2.75) is 19.0 Å². The third-order valence-electron chi connectivity index (χ3n) is 0.993. The van der Waals surface area contributed by atoms with Crippen LogP contribution in [0.25, 0.3) is 0 Å². The molecule has 0 bridgehead atoms. The summed E-state index contributed by atoms with van der Waals surface area (Å²) in [5, 5.41) is 0. The van der Waals surface area contributed by atoms with Gasteiger partial charge in [-0.25, -0.2) is 0 Å². The maximum atomic E-state index is 11.5. The third-order valence-corrected chi connectivity index (χ3v) is 1.60. The number of Topliss-reactive ketones (excluding diaryl/α,β-unsaturated/α-hetero) is 1. The molecule has 0 heterocycles. The lowest BCUT2D eigenvalue weighted by Gasteiger charge is -2.03. The molecular formula is C6H9F3OS. The van der Waals surface area contributed by atoms with Gasteiger partial charge in [0.15, 0.2) is 0 Å². The van der Waals surface area contributed by atoms with Crippen molar-refractivity contribution in [3.63, 3.8) is 0 Å². The number of hydrogen-bond donors (Lipinski definition) is 0. The van der Waals surface area contributed by atoms with E-state index in [2.05, 4.69) is 0 Å². The fraction of sp³-hybridized carbons (Fsp3) is 0.833. The van der Waals surface area contributed by atoms with E-state index in [4.69, 9.17) is 0 Å². The van der Waals surface area contributed by atoms with E-state index in [9.17, 15) is 18.0 Å². The van der Waals surface area contributed by atoms with Crippen molar-refractivity contribution in [3.05, 3.63) is 0 Å². The van der Waals surface area contributed by atoms with Gasteiger partial charge in [0.1, 0.15) is 5.78 Å². The van der Waals surface area contributed by atoms with Crippen LogP contribution < -0.4 is 0 Å². The predicted molar refractivity (Wildman–Crippen MR) is 38.7 cm³/mol. The minimum atomic E-state index is -4.20. The summed E-state index contributed by atoms with van der Waals surface area (Å²) in [6.45, 7) is 0. The van der Waals surface area contributed by atoms with Gasteiger partial charge in [-0.3, -0.25) is 4.79 Å². The fourth-order valence-electron chi connectivity index (χ4n) is 0.514. The molecule has 0 radical (unpaired) electrons. The Balaban J connectivity index is 3.46. The van der Waals surface area contributed by atoms with Crippen LogP contribution >= 0.6 is 11.8 Å². The van der Waals surface area contributed by atoms with Gasteiger partial charge in [0.2, 0.25) is 0 Å². The Kier molecular flexibility index (Phi) is 4.56. The smallest absolute Gasteiger partial charge is 0.299 e. The highest BCUT2D eigenvalue weighted by Crippen LogP contribution is 2.21. The highest BCUT2D eigenvalue weighted by atomic mass is 32.2. The first-order valence-electron chi connectivity index (χ1n) is 3.03. The summed E-state index contributed by atoms with van der Waals surface area (Å²) in [6, 6.07) is 0. The van der Waals surface area contributed by atoms with Crippen LogP contribution in [0.3, 0.4) is 0 Å². The summed E-state index contributed by atoms with van der Waals surface area (Å²) in [4.78, 5) is 10.6. The van der Waals surface area contributed by atoms with Gasteiger partial charge in [0, 0.05) is 6.42 Å². The Morgan fingerprint density at radius 1 is 1.45 bits per heavy atom. The monoisotopic (exact) mass is 186 g/mol. The minimum absolute atomic E-state index is 0.177. The van der Waals surface area contributed by atoms with E-state index in [0.29, 0.717) is 0 Å². The summed E-state index contributed by atoms with van der Waals surface area (Å²) >= 11 is 1.24. The highest BCUT2D eigenvalue weighted by Gasteiger charge is 2.27. The Hall–Kier alpha value is -0.190. The van der Waals surface area contributed by atoms with Crippen LogP contribution in [0.2, 0.25) is 0 Å². The fourth-order valence-corrected chi connectivity index (χ4v) is 0.981. The maximum Gasteiger partial charge on any atom is 0.389 e. The van der Waals surface area contributed by atoms with Crippen LogP contribution in [-0.2, 0) is 4.79 Å². The van der Waals surface area contributed by atoms with E-state index in [1.54, 1.807) is 6.26 Å². The van der Waals surface area contributed by atoms with E-state index in [0.717, 1.165) is 0 Å². The Morgan fingerprint density at radius 3 is 2.36 bits per heavy atom. The van der Waals surface area contributed by atoms with Gasteiger partial charge in [-0.15, -0.1) is 0 Å². The first-order valence-corrected chi connectivity index (χ1v) is 4.42. The molecule has 0 aliphatic carbocycles. The number of halogens is 3. The largest absolute Gasteiger partial charge is 0.389 e. The lowest BCUT2D eigenvalue weighted by molar-refractivity contribution is -0.142. The molecule has 0 unspecified atom stereocenters. The van der Waals surface area contributed by atoms with Gasteiger partial charge in [0.05, 0.1) is 12.2 Å². The summed E-state index contributed by atoms with van der Waals surface area (Å²) in [6.07, 6.45) is -3.89. The second-order valence-corrected chi connectivity index (χ2v) is 2.95. The van der Waals surface area contributed by atoms with Crippen molar-refractivity contribution in [1.82, 2.24) is 0 Å². The summed E-state index contributed by atoms with van der Waals surface area (Å²) in [5.41, 5.74) is 0. The number of carbonyl (C=O) groups excluding carboxylic acids is 1. The Morgan fingerprint density at radius 2 is 2.00 bits per heavy atom. The molecule has 0 aliphatic heterocycles. The molecule has 0 saturated carbocycles. The van der Waals surface area contributed by atoms with Crippen LogP contribution in [0.15, 0.2) is 0 Å². The molecule has 66 valence electrons. The zero-order valence-corrected chi connectivity index (χ0v) is 6.89. The van der Waals surface area contributed by atoms with Crippen molar-refractivity contribution in [2.75, 3.05) is 12.0 Å². The second kappa shape index (κ2) is 4.64. The van der Waals surface area contributed by atoms with Crippen LogP contribution in [0, 0.1) is 0 Å². The van der Waals surface area contributed by atoms with Crippen LogP contribution in [-0.4, -0.2) is 24.0 Å². The van der Waals surface area contributed by atoms with Gasteiger partial charge in [0.25, 0.3) is 0 Å². The number of carbonyl (C=O) groups is 1. The van der Waals surface area contributed by atoms with Crippen LogP contribution in [0.5, 0.6) is 0 Å². The molecule has 0 aromatic carbocycles. The molecule has 0 aromatic rings. The molecule has 11 heavy (non-hydrogen) atoms. The number of hydrogen-bond acceptors (Lipinski definition) is 2. The van der Waals surface area contributed by atoms with Crippen LogP contribution in [0.4, 0.5) is 13.2 Å². The SMILES string of the molecule is CSCC(=O)CCC(F)(F)F. The topological polar surface area (TPSA) is 17.1 Å². The van der Waals surface area contributed by atoms with Crippen molar-refractivity contribution in [3.8, 4) is 0 Å². The van der Waals surface area contributed by atoms with Gasteiger partial charge in [-0.05, 0) is 6.26 Å². The number of thioether (sulfide) groups is 1. The van der Waals surface area contributed by atoms with Crippen molar-refractivity contribution in [2.24, 2.45) is 0 Å². The van der Waals surface area contributed by atoms with E-state index < -0.39 is 12.6 Å². The van der Waals surface area contributed by atoms with Crippen molar-refractivity contribution >= 4 is 17.5 Å². The van der Waals surface area contributed by atoms with Gasteiger partial charge >= 0.3 is 6.18 Å². The predicted octanol–water partition coefficient (Wildman–Crippen LogP) is 2.26. The first kappa shape index (κ1) is 10.8. The summed E-state index contributed by atoms with van der Waals surface area (Å²) < 4.78 is 34.5. The van der Waals surface area contributed by atoms with E-state index in [-0.39, 0.29) is 18.0 Å². The van der Waals surface area contributed by atoms with E-state index in [1.807, 2.05) is 0 Å². The average molecular weight is 186 g/mol. The molecule has 0 rings (SSSR count). The minimum Gasteiger partial charge on any atom is -0.299 e. The van der Waals surface area contributed by atoms with Gasteiger partial charge in [-0.2, -0.15) is 24.9 Å². The first-order chi connectivity index (χ1) is 4.95. The Bertz CT molecular complexity index is 132. The van der Waals surface area contributed by atoms with Crippen molar-refractivity contribution in [1.29, 1.82) is 0 Å². The molecule has 0 spiro atoms. The molecule has 0 fully saturated rings. The number of ketones is 1. The molecule has 0 atom stereocenters. The average Bonchev–Trinajstić information content (AvgIpc) is 1.83. The zero-order valence-electron chi connectivity index (χ0n) is 6.07. The molecule has 0 aliphatic rings.